The Kier molecular flexibility index (Phi) is 1.69. The highest BCUT2D eigenvalue weighted by Crippen LogP contribution is 2.19. The number of H-pyrrole nitrogens is 1. The van der Waals surface area contributed by atoms with Gasteiger partial charge in [-0.15, -0.1) is 0 Å². The summed E-state index contributed by atoms with van der Waals surface area (Å²) in [5.74, 6) is 0. The van der Waals surface area contributed by atoms with Crippen LogP contribution in [0.1, 0.15) is 5.56 Å². The fourth-order valence-electron chi connectivity index (χ4n) is 1.02. The third kappa shape index (κ3) is 0.956. The van der Waals surface area contributed by atoms with Crippen molar-refractivity contribution in [1.29, 1.82) is 5.26 Å². The summed E-state index contributed by atoms with van der Waals surface area (Å²) in [6.07, 6.45) is 3.20. The van der Waals surface area contributed by atoms with Crippen LogP contribution in [0.5, 0.6) is 0 Å². The van der Waals surface area contributed by atoms with E-state index in [1.165, 1.54) is 0 Å². The number of nitriles is 1. The molecular formula is C7H3IN4. The van der Waals surface area contributed by atoms with E-state index in [-0.39, 0.29) is 0 Å². The Bertz CT molecular complexity index is 468. The number of nitrogens with one attached hydrogen (secondary N) is 1. The summed E-state index contributed by atoms with van der Waals surface area (Å²) in [5, 5.41) is 16.4. The molecule has 2 aromatic rings. The summed E-state index contributed by atoms with van der Waals surface area (Å²) >= 11 is 2.08. The summed E-state index contributed by atoms with van der Waals surface area (Å²) in [6.45, 7) is 0. The Labute approximate surface area is 81.7 Å². The van der Waals surface area contributed by atoms with Crippen LogP contribution < -0.4 is 0 Å². The van der Waals surface area contributed by atoms with Crippen LogP contribution >= 0.6 is 22.6 Å². The van der Waals surface area contributed by atoms with Gasteiger partial charge in [0.05, 0.1) is 22.7 Å². The van der Waals surface area contributed by atoms with Gasteiger partial charge in [-0.2, -0.15) is 10.4 Å². The van der Waals surface area contributed by atoms with Crippen molar-refractivity contribution in [2.45, 2.75) is 0 Å². The van der Waals surface area contributed by atoms with Gasteiger partial charge in [-0.3, -0.25) is 10.1 Å². The number of aromatic amines is 1. The van der Waals surface area contributed by atoms with Gasteiger partial charge in [-0.05, 0) is 22.6 Å². The van der Waals surface area contributed by atoms with Crippen LogP contribution in [-0.2, 0) is 0 Å². The molecule has 0 bridgehead atoms. The second-order valence-electron chi connectivity index (χ2n) is 2.24. The minimum atomic E-state index is 0.561. The Morgan fingerprint density at radius 1 is 1.50 bits per heavy atom. The Balaban J connectivity index is 2.96. The largest absolute Gasteiger partial charge is 0.275 e. The molecule has 0 unspecified atom stereocenters. The maximum absolute atomic E-state index is 8.74. The molecular weight excluding hydrogens is 267 g/mol. The zero-order chi connectivity index (χ0) is 8.55. The highest BCUT2D eigenvalue weighted by atomic mass is 127. The molecule has 0 aliphatic rings. The molecule has 4 nitrogen and oxygen atoms in total. The van der Waals surface area contributed by atoms with Gasteiger partial charge >= 0.3 is 0 Å². The van der Waals surface area contributed by atoms with Crippen molar-refractivity contribution in [2.75, 3.05) is 0 Å². The monoisotopic (exact) mass is 270 g/mol. The fraction of sp³-hybridized carbons (Fsp3) is 0. The van der Waals surface area contributed by atoms with Crippen molar-refractivity contribution >= 4 is 33.5 Å². The summed E-state index contributed by atoms with van der Waals surface area (Å²) < 4.78 is 0.807. The van der Waals surface area contributed by atoms with Crippen molar-refractivity contribution in [3.63, 3.8) is 0 Å². The molecule has 0 aliphatic heterocycles. The molecule has 2 rings (SSSR count). The lowest BCUT2D eigenvalue weighted by Gasteiger charge is -1.89. The molecule has 2 heterocycles. The second-order valence-corrected chi connectivity index (χ2v) is 3.26. The molecule has 0 radical (unpaired) electrons. The van der Waals surface area contributed by atoms with E-state index >= 15 is 0 Å². The summed E-state index contributed by atoms with van der Waals surface area (Å²) in [7, 11) is 0. The van der Waals surface area contributed by atoms with E-state index in [1.807, 2.05) is 0 Å². The van der Waals surface area contributed by atoms with Crippen LogP contribution in [-0.4, -0.2) is 15.2 Å². The number of pyridine rings is 1. The van der Waals surface area contributed by atoms with E-state index in [1.54, 1.807) is 12.4 Å². The van der Waals surface area contributed by atoms with Crippen molar-refractivity contribution < 1.29 is 0 Å². The number of halogens is 1. The smallest absolute Gasteiger partial charge is 0.132 e. The van der Waals surface area contributed by atoms with Crippen molar-refractivity contribution in [3.05, 3.63) is 21.7 Å². The second kappa shape index (κ2) is 2.71. The SMILES string of the molecule is N#Cc1cncc2[nH]nc(I)c12. The van der Waals surface area contributed by atoms with Gasteiger partial charge in [0, 0.05) is 6.20 Å². The topological polar surface area (TPSA) is 65.4 Å². The average molecular weight is 270 g/mol. The van der Waals surface area contributed by atoms with Crippen molar-refractivity contribution in [3.8, 4) is 6.07 Å². The number of aromatic nitrogens is 3. The first-order valence-corrected chi connectivity index (χ1v) is 4.28. The molecule has 0 fully saturated rings. The number of fused-ring (bicyclic) bond motifs is 1. The molecule has 5 heteroatoms. The van der Waals surface area contributed by atoms with Crippen LogP contribution in [0, 0.1) is 15.0 Å². The minimum absolute atomic E-state index is 0.561. The predicted octanol–water partition coefficient (Wildman–Crippen LogP) is 1.43. The molecule has 0 aromatic carbocycles. The Morgan fingerprint density at radius 2 is 2.33 bits per heavy atom. The number of nitrogens with zero attached hydrogens (tertiary/aromatic N) is 3. The molecule has 1 N–H and O–H groups in total. The first-order chi connectivity index (χ1) is 5.83. The lowest BCUT2D eigenvalue weighted by molar-refractivity contribution is 1.09. The van der Waals surface area contributed by atoms with Crippen LogP contribution in [0.4, 0.5) is 0 Å². The van der Waals surface area contributed by atoms with Gasteiger partial charge in [-0.1, -0.05) is 0 Å². The normalized spacial score (nSPS) is 10.0. The zero-order valence-corrected chi connectivity index (χ0v) is 8.03. The van der Waals surface area contributed by atoms with E-state index in [0.29, 0.717) is 5.56 Å². The van der Waals surface area contributed by atoms with Crippen LogP contribution in [0.2, 0.25) is 0 Å². The van der Waals surface area contributed by atoms with Gasteiger partial charge in [0.2, 0.25) is 0 Å². The standard InChI is InChI=1S/C7H3IN4/c8-7-6-4(1-9)2-10-3-5(6)11-12-7/h2-3H,(H,11,12). The maximum Gasteiger partial charge on any atom is 0.132 e. The Hall–Kier alpha value is -1.16. The van der Waals surface area contributed by atoms with Gasteiger partial charge in [0.1, 0.15) is 9.77 Å². The molecule has 0 atom stereocenters. The molecule has 2 aromatic heterocycles. The zero-order valence-electron chi connectivity index (χ0n) is 5.87. The molecule has 0 saturated carbocycles. The highest BCUT2D eigenvalue weighted by molar-refractivity contribution is 14.1. The van der Waals surface area contributed by atoms with Crippen molar-refractivity contribution in [2.24, 2.45) is 0 Å². The van der Waals surface area contributed by atoms with E-state index in [9.17, 15) is 0 Å². The van der Waals surface area contributed by atoms with E-state index in [2.05, 4.69) is 43.8 Å². The van der Waals surface area contributed by atoms with E-state index in [4.69, 9.17) is 5.26 Å². The lowest BCUT2D eigenvalue weighted by Crippen LogP contribution is -1.80. The van der Waals surface area contributed by atoms with Crippen LogP contribution in [0.15, 0.2) is 12.4 Å². The molecule has 0 amide bonds. The van der Waals surface area contributed by atoms with Gasteiger partial charge < -0.3 is 0 Å². The third-order valence-electron chi connectivity index (χ3n) is 1.55. The summed E-state index contributed by atoms with van der Waals surface area (Å²) in [5.41, 5.74) is 1.36. The first kappa shape index (κ1) is 7.49. The molecule has 0 aliphatic carbocycles. The Morgan fingerprint density at radius 3 is 3.08 bits per heavy atom. The van der Waals surface area contributed by atoms with Crippen LogP contribution in [0.25, 0.3) is 10.9 Å². The average Bonchev–Trinajstić information content (AvgIpc) is 2.48. The molecule has 58 valence electrons. The van der Waals surface area contributed by atoms with E-state index < -0.39 is 0 Å². The highest BCUT2D eigenvalue weighted by Gasteiger charge is 2.06. The van der Waals surface area contributed by atoms with Crippen LogP contribution in [0.3, 0.4) is 0 Å². The van der Waals surface area contributed by atoms with Gasteiger partial charge in [0.25, 0.3) is 0 Å². The summed E-state index contributed by atoms with van der Waals surface area (Å²) in [4.78, 5) is 3.90. The number of hydrogen-bond acceptors (Lipinski definition) is 3. The number of hydrogen-bond donors (Lipinski definition) is 1. The fourth-order valence-corrected chi connectivity index (χ4v) is 1.72. The van der Waals surface area contributed by atoms with Gasteiger partial charge in [0.15, 0.2) is 0 Å². The lowest BCUT2D eigenvalue weighted by atomic mass is 10.2. The molecule has 0 saturated heterocycles. The predicted molar refractivity (Wildman–Crippen MR) is 51.3 cm³/mol. The summed E-state index contributed by atoms with van der Waals surface area (Å²) in [6, 6.07) is 2.07. The third-order valence-corrected chi connectivity index (χ3v) is 2.33. The van der Waals surface area contributed by atoms with Gasteiger partial charge in [-0.25, -0.2) is 0 Å². The molecule has 12 heavy (non-hydrogen) atoms. The first-order valence-electron chi connectivity index (χ1n) is 3.20. The quantitative estimate of drug-likeness (QED) is 0.736. The minimum Gasteiger partial charge on any atom is -0.275 e. The molecule has 0 spiro atoms. The van der Waals surface area contributed by atoms with E-state index in [0.717, 1.165) is 14.6 Å². The maximum atomic E-state index is 8.74. The van der Waals surface area contributed by atoms with Crippen molar-refractivity contribution in [1.82, 2.24) is 15.2 Å². The number of rotatable bonds is 0.